The zero-order valence-electron chi connectivity index (χ0n) is 15.3. The molecule has 0 saturated heterocycles. The first-order valence-electron chi connectivity index (χ1n) is 8.29. The highest BCUT2D eigenvalue weighted by atomic mass is 16.5. The molecule has 0 amide bonds. The van der Waals surface area contributed by atoms with Crippen LogP contribution in [0, 0.1) is 0 Å². The highest BCUT2D eigenvalue weighted by Gasteiger charge is 2.20. The molecule has 24 heavy (non-hydrogen) atoms. The lowest BCUT2D eigenvalue weighted by atomic mass is 9.87. The van der Waals surface area contributed by atoms with Crippen molar-refractivity contribution in [1.82, 2.24) is 0 Å². The van der Waals surface area contributed by atoms with E-state index in [0.29, 0.717) is 0 Å². The fourth-order valence-corrected chi connectivity index (χ4v) is 2.85. The van der Waals surface area contributed by atoms with Gasteiger partial charge >= 0.3 is 0 Å². The smallest absolute Gasteiger partial charge is 0.193 e. The summed E-state index contributed by atoms with van der Waals surface area (Å²) in [6.45, 7) is 8.34. The van der Waals surface area contributed by atoms with E-state index in [-0.39, 0.29) is 17.6 Å². The van der Waals surface area contributed by atoms with Gasteiger partial charge in [0.05, 0.1) is 14.2 Å². The third-order valence-corrected chi connectivity index (χ3v) is 4.25. The monoisotopic (exact) mass is 326 g/mol. The van der Waals surface area contributed by atoms with E-state index < -0.39 is 0 Å². The van der Waals surface area contributed by atoms with Gasteiger partial charge in [-0.05, 0) is 59.4 Å². The van der Waals surface area contributed by atoms with Crippen LogP contribution in [-0.4, -0.2) is 20.0 Å². The lowest BCUT2D eigenvalue weighted by molar-refractivity contribution is 0.103. The van der Waals surface area contributed by atoms with Gasteiger partial charge in [-0.25, -0.2) is 0 Å². The van der Waals surface area contributed by atoms with Crippen molar-refractivity contribution >= 4 is 5.78 Å². The Labute approximate surface area is 144 Å². The SMILES string of the molecule is COc1ccc(C(=O)c2ccc(OC)cc2C(C)C)c(C(C)C)c1. The molecule has 0 aliphatic heterocycles. The second-order valence-corrected chi connectivity index (χ2v) is 6.54. The minimum Gasteiger partial charge on any atom is -0.497 e. The maximum atomic E-state index is 13.2. The summed E-state index contributed by atoms with van der Waals surface area (Å²) in [5, 5.41) is 0. The number of hydrogen-bond donors (Lipinski definition) is 0. The van der Waals surface area contributed by atoms with Crippen LogP contribution in [0.5, 0.6) is 11.5 Å². The lowest BCUT2D eigenvalue weighted by Crippen LogP contribution is -2.10. The summed E-state index contributed by atoms with van der Waals surface area (Å²) in [7, 11) is 3.28. The molecule has 2 aromatic rings. The van der Waals surface area contributed by atoms with Gasteiger partial charge in [0.1, 0.15) is 11.5 Å². The van der Waals surface area contributed by atoms with E-state index in [1.807, 2.05) is 36.4 Å². The zero-order valence-corrected chi connectivity index (χ0v) is 15.3. The van der Waals surface area contributed by atoms with Gasteiger partial charge in [0.25, 0.3) is 0 Å². The quantitative estimate of drug-likeness (QED) is 0.686. The van der Waals surface area contributed by atoms with E-state index in [9.17, 15) is 4.79 Å². The number of carbonyl (C=O) groups is 1. The molecule has 0 fully saturated rings. The van der Waals surface area contributed by atoms with Gasteiger partial charge in [-0.2, -0.15) is 0 Å². The molecule has 2 aromatic carbocycles. The topological polar surface area (TPSA) is 35.5 Å². The fourth-order valence-electron chi connectivity index (χ4n) is 2.85. The molecule has 0 heterocycles. The largest absolute Gasteiger partial charge is 0.497 e. The van der Waals surface area contributed by atoms with Crippen molar-refractivity contribution in [3.63, 3.8) is 0 Å². The van der Waals surface area contributed by atoms with Gasteiger partial charge in [0.15, 0.2) is 5.78 Å². The first-order valence-corrected chi connectivity index (χ1v) is 8.29. The number of ether oxygens (including phenoxy) is 2. The van der Waals surface area contributed by atoms with Crippen molar-refractivity contribution < 1.29 is 14.3 Å². The number of ketones is 1. The van der Waals surface area contributed by atoms with E-state index >= 15 is 0 Å². The normalized spacial score (nSPS) is 11.0. The van der Waals surface area contributed by atoms with Crippen LogP contribution in [0.15, 0.2) is 36.4 Å². The molecule has 0 aromatic heterocycles. The van der Waals surface area contributed by atoms with Gasteiger partial charge in [-0.1, -0.05) is 27.7 Å². The molecular weight excluding hydrogens is 300 g/mol. The molecule has 0 aliphatic carbocycles. The molecule has 0 saturated carbocycles. The Morgan fingerprint density at radius 3 is 1.42 bits per heavy atom. The van der Waals surface area contributed by atoms with Crippen LogP contribution in [0.3, 0.4) is 0 Å². The Balaban J connectivity index is 2.57. The molecule has 0 aliphatic rings. The molecule has 3 nitrogen and oxygen atoms in total. The predicted molar refractivity (Wildman–Crippen MR) is 97.6 cm³/mol. The van der Waals surface area contributed by atoms with E-state index in [1.165, 1.54) is 0 Å². The third kappa shape index (κ3) is 3.61. The van der Waals surface area contributed by atoms with Crippen LogP contribution in [0.1, 0.15) is 66.6 Å². The maximum absolute atomic E-state index is 13.2. The Morgan fingerprint density at radius 1 is 0.750 bits per heavy atom. The van der Waals surface area contributed by atoms with Crippen molar-refractivity contribution in [1.29, 1.82) is 0 Å². The molecule has 0 bridgehead atoms. The number of carbonyl (C=O) groups excluding carboxylic acids is 1. The van der Waals surface area contributed by atoms with Crippen LogP contribution >= 0.6 is 0 Å². The Hall–Kier alpha value is -2.29. The number of hydrogen-bond acceptors (Lipinski definition) is 3. The summed E-state index contributed by atoms with van der Waals surface area (Å²) < 4.78 is 10.6. The number of benzene rings is 2. The highest BCUT2D eigenvalue weighted by Crippen LogP contribution is 2.30. The van der Waals surface area contributed by atoms with Crippen LogP contribution in [0.4, 0.5) is 0 Å². The molecule has 0 atom stereocenters. The van der Waals surface area contributed by atoms with Gasteiger partial charge in [0.2, 0.25) is 0 Å². The second-order valence-electron chi connectivity index (χ2n) is 6.54. The molecule has 3 heteroatoms. The molecule has 0 N–H and O–H groups in total. The van der Waals surface area contributed by atoms with Crippen molar-refractivity contribution in [2.24, 2.45) is 0 Å². The average molecular weight is 326 g/mol. The van der Waals surface area contributed by atoms with Crippen molar-refractivity contribution in [3.05, 3.63) is 58.7 Å². The van der Waals surface area contributed by atoms with Crippen molar-refractivity contribution in [3.8, 4) is 11.5 Å². The third-order valence-electron chi connectivity index (χ3n) is 4.25. The van der Waals surface area contributed by atoms with E-state index in [4.69, 9.17) is 9.47 Å². The second kappa shape index (κ2) is 7.52. The summed E-state index contributed by atoms with van der Waals surface area (Å²) in [6, 6.07) is 11.3. The maximum Gasteiger partial charge on any atom is 0.193 e. The predicted octanol–water partition coefficient (Wildman–Crippen LogP) is 5.18. The Morgan fingerprint density at radius 2 is 1.12 bits per heavy atom. The van der Waals surface area contributed by atoms with E-state index in [0.717, 1.165) is 33.8 Å². The van der Waals surface area contributed by atoms with Gasteiger partial charge < -0.3 is 9.47 Å². The van der Waals surface area contributed by atoms with Crippen LogP contribution in [-0.2, 0) is 0 Å². The van der Waals surface area contributed by atoms with Crippen LogP contribution < -0.4 is 9.47 Å². The highest BCUT2D eigenvalue weighted by molar-refractivity contribution is 6.11. The number of rotatable bonds is 6. The molecule has 0 unspecified atom stereocenters. The zero-order chi connectivity index (χ0) is 17.9. The lowest BCUT2D eigenvalue weighted by Gasteiger charge is -2.17. The minimum absolute atomic E-state index is 0.0488. The van der Waals surface area contributed by atoms with Crippen LogP contribution in [0.25, 0.3) is 0 Å². The molecule has 0 spiro atoms. The standard InChI is InChI=1S/C21H26O3/c1-13(2)19-11-15(23-5)7-9-17(19)21(22)18-10-8-16(24-6)12-20(18)14(3)4/h7-14H,1-6H3. The first-order chi connectivity index (χ1) is 11.4. The summed E-state index contributed by atoms with van der Waals surface area (Å²) >= 11 is 0. The van der Waals surface area contributed by atoms with E-state index in [1.54, 1.807) is 14.2 Å². The average Bonchev–Trinajstić information content (AvgIpc) is 2.59. The number of methoxy groups -OCH3 is 2. The van der Waals surface area contributed by atoms with E-state index in [2.05, 4.69) is 27.7 Å². The fraction of sp³-hybridized carbons (Fsp3) is 0.381. The van der Waals surface area contributed by atoms with Gasteiger partial charge in [-0.3, -0.25) is 4.79 Å². The molecule has 2 rings (SSSR count). The molecule has 0 radical (unpaired) electrons. The van der Waals surface area contributed by atoms with Gasteiger partial charge in [-0.15, -0.1) is 0 Å². The Kier molecular flexibility index (Phi) is 5.66. The summed E-state index contributed by atoms with van der Waals surface area (Å²) in [6.07, 6.45) is 0. The summed E-state index contributed by atoms with van der Waals surface area (Å²) in [5.41, 5.74) is 3.48. The van der Waals surface area contributed by atoms with Crippen molar-refractivity contribution in [2.45, 2.75) is 39.5 Å². The molecular formula is C21H26O3. The summed E-state index contributed by atoms with van der Waals surface area (Å²) in [5.74, 6) is 2.07. The molecule has 128 valence electrons. The Bertz CT molecular complexity index is 668. The van der Waals surface area contributed by atoms with Gasteiger partial charge in [0, 0.05) is 11.1 Å². The first kappa shape index (κ1) is 18.1. The summed E-state index contributed by atoms with van der Waals surface area (Å²) in [4.78, 5) is 13.2. The van der Waals surface area contributed by atoms with Crippen LogP contribution in [0.2, 0.25) is 0 Å². The minimum atomic E-state index is 0.0488. The van der Waals surface area contributed by atoms with Crippen molar-refractivity contribution in [2.75, 3.05) is 14.2 Å².